The van der Waals surface area contributed by atoms with Crippen LogP contribution in [0.2, 0.25) is 0 Å². The molecule has 0 amide bonds. The number of hydrogen-bond acceptors (Lipinski definition) is 9. The van der Waals surface area contributed by atoms with E-state index in [0.29, 0.717) is 5.92 Å². The van der Waals surface area contributed by atoms with Crippen molar-refractivity contribution >= 4 is 28.1 Å². The summed E-state index contributed by atoms with van der Waals surface area (Å²) in [5.74, 6) is 2.58. The molecule has 26 heavy (non-hydrogen) atoms. The molecule has 138 valence electrons. The second-order valence-electron chi connectivity index (χ2n) is 7.02. The van der Waals surface area contributed by atoms with Gasteiger partial charge in [0, 0.05) is 45.2 Å². The van der Waals surface area contributed by atoms with Crippen molar-refractivity contribution in [3.8, 4) is 0 Å². The van der Waals surface area contributed by atoms with Crippen molar-refractivity contribution in [2.75, 3.05) is 67.2 Å². The quantitative estimate of drug-likeness (QED) is 0.796. The lowest BCUT2D eigenvalue weighted by Crippen LogP contribution is -2.47. The van der Waals surface area contributed by atoms with Crippen LogP contribution in [0.5, 0.6) is 0 Å². The van der Waals surface area contributed by atoms with E-state index in [1.54, 1.807) is 11.3 Å². The van der Waals surface area contributed by atoms with E-state index in [-0.39, 0.29) is 0 Å². The molecule has 0 atom stereocenters. The molecule has 5 rings (SSSR count). The zero-order valence-corrected chi connectivity index (χ0v) is 15.6. The maximum absolute atomic E-state index is 5.39. The van der Waals surface area contributed by atoms with E-state index in [1.807, 2.05) is 0 Å². The molecule has 2 aromatic rings. The highest BCUT2D eigenvalue weighted by atomic mass is 32.1. The largest absolute Gasteiger partial charge is 0.378 e. The van der Waals surface area contributed by atoms with E-state index in [1.165, 1.54) is 17.8 Å². The van der Waals surface area contributed by atoms with Crippen LogP contribution >= 0.6 is 11.3 Å². The summed E-state index contributed by atoms with van der Waals surface area (Å²) in [6, 6.07) is 4.16. The zero-order valence-electron chi connectivity index (χ0n) is 14.8. The van der Waals surface area contributed by atoms with E-state index in [2.05, 4.69) is 47.2 Å². The molecule has 4 heterocycles. The van der Waals surface area contributed by atoms with Crippen LogP contribution in [0, 0.1) is 0 Å². The van der Waals surface area contributed by atoms with Gasteiger partial charge in [-0.3, -0.25) is 0 Å². The molecule has 0 radical (unpaired) electrons. The number of rotatable bonds is 4. The smallest absolute Gasteiger partial charge is 0.208 e. The van der Waals surface area contributed by atoms with E-state index < -0.39 is 0 Å². The van der Waals surface area contributed by atoms with E-state index in [0.717, 1.165) is 69.2 Å². The molecule has 2 saturated heterocycles. The Morgan fingerprint density at radius 2 is 1.38 bits per heavy atom. The van der Waals surface area contributed by atoms with Gasteiger partial charge < -0.3 is 19.4 Å². The first-order valence-electron chi connectivity index (χ1n) is 9.36. The van der Waals surface area contributed by atoms with E-state index in [4.69, 9.17) is 4.74 Å². The SMILES string of the molecule is c1cc(N2CCN(c3nnc(C4CC4)s3)CC2)nnc1N1CCOCC1. The second kappa shape index (κ2) is 6.96. The molecular weight excluding hydrogens is 350 g/mol. The maximum Gasteiger partial charge on any atom is 0.208 e. The van der Waals surface area contributed by atoms with Crippen LogP contribution in [-0.2, 0) is 4.74 Å². The first-order valence-corrected chi connectivity index (χ1v) is 10.2. The Bertz CT molecular complexity index is 734. The third kappa shape index (κ3) is 3.33. The topological polar surface area (TPSA) is 70.5 Å². The molecule has 0 spiro atoms. The molecule has 0 aromatic carbocycles. The van der Waals surface area contributed by atoms with Crippen molar-refractivity contribution in [1.82, 2.24) is 20.4 Å². The summed E-state index contributed by atoms with van der Waals surface area (Å²) < 4.78 is 5.39. The fourth-order valence-corrected chi connectivity index (χ4v) is 4.49. The highest BCUT2D eigenvalue weighted by Crippen LogP contribution is 2.42. The summed E-state index contributed by atoms with van der Waals surface area (Å²) in [7, 11) is 0. The summed E-state index contributed by atoms with van der Waals surface area (Å²) in [6.45, 7) is 7.07. The number of nitrogens with zero attached hydrogens (tertiary/aromatic N) is 7. The second-order valence-corrected chi connectivity index (χ2v) is 8.01. The van der Waals surface area contributed by atoms with Gasteiger partial charge in [-0.2, -0.15) is 0 Å². The van der Waals surface area contributed by atoms with Gasteiger partial charge in [-0.05, 0) is 25.0 Å². The van der Waals surface area contributed by atoms with Gasteiger partial charge in [-0.25, -0.2) is 0 Å². The van der Waals surface area contributed by atoms with Crippen LogP contribution in [0.1, 0.15) is 23.8 Å². The third-order valence-corrected chi connectivity index (χ3v) is 6.35. The molecule has 0 unspecified atom stereocenters. The number of morpholine rings is 1. The molecule has 2 aliphatic heterocycles. The first-order chi connectivity index (χ1) is 12.9. The molecule has 9 heteroatoms. The van der Waals surface area contributed by atoms with Crippen LogP contribution in [0.25, 0.3) is 0 Å². The number of anilines is 3. The number of aromatic nitrogens is 4. The van der Waals surface area contributed by atoms with Gasteiger partial charge in [0.05, 0.1) is 13.2 Å². The van der Waals surface area contributed by atoms with Gasteiger partial charge in [0.25, 0.3) is 0 Å². The van der Waals surface area contributed by atoms with Crippen molar-refractivity contribution in [3.05, 3.63) is 17.1 Å². The maximum atomic E-state index is 5.39. The van der Waals surface area contributed by atoms with Crippen molar-refractivity contribution < 1.29 is 4.74 Å². The molecule has 1 aliphatic carbocycles. The fourth-order valence-electron chi connectivity index (χ4n) is 3.42. The van der Waals surface area contributed by atoms with Crippen LogP contribution in [-0.4, -0.2) is 72.9 Å². The molecule has 3 aliphatic rings. The fraction of sp³-hybridized carbons (Fsp3) is 0.647. The lowest BCUT2D eigenvalue weighted by molar-refractivity contribution is 0.122. The van der Waals surface area contributed by atoms with Crippen LogP contribution < -0.4 is 14.7 Å². The van der Waals surface area contributed by atoms with Crippen molar-refractivity contribution in [3.63, 3.8) is 0 Å². The monoisotopic (exact) mass is 373 g/mol. The van der Waals surface area contributed by atoms with Gasteiger partial charge >= 0.3 is 0 Å². The predicted molar refractivity (Wildman–Crippen MR) is 101 cm³/mol. The highest BCUT2D eigenvalue weighted by Gasteiger charge is 2.29. The van der Waals surface area contributed by atoms with E-state index in [9.17, 15) is 0 Å². The lowest BCUT2D eigenvalue weighted by Gasteiger charge is -2.35. The normalized spacial score (nSPS) is 21.3. The standard InChI is InChI=1S/C17H23N7OS/c1-2-13(1)16-20-21-17(26-16)24-7-5-22(6-8-24)14-3-4-15(19-18-14)23-9-11-25-12-10-23/h3-4,13H,1-2,5-12H2. The average Bonchev–Trinajstić information content (AvgIpc) is 3.46. The van der Waals surface area contributed by atoms with Gasteiger partial charge in [0.15, 0.2) is 11.6 Å². The van der Waals surface area contributed by atoms with Gasteiger partial charge in [0.1, 0.15) is 5.01 Å². The van der Waals surface area contributed by atoms with Crippen molar-refractivity contribution in [2.24, 2.45) is 0 Å². The van der Waals surface area contributed by atoms with Crippen LogP contribution in [0.3, 0.4) is 0 Å². The summed E-state index contributed by atoms with van der Waals surface area (Å²) in [4.78, 5) is 6.87. The zero-order chi connectivity index (χ0) is 17.3. The lowest BCUT2D eigenvalue weighted by atomic mass is 10.3. The summed E-state index contributed by atoms with van der Waals surface area (Å²) in [5.41, 5.74) is 0. The molecule has 2 aromatic heterocycles. The van der Waals surface area contributed by atoms with Crippen molar-refractivity contribution in [2.45, 2.75) is 18.8 Å². The molecular formula is C17H23N7OS. The Balaban J connectivity index is 1.19. The van der Waals surface area contributed by atoms with Gasteiger partial charge in [-0.15, -0.1) is 20.4 Å². The molecule has 1 saturated carbocycles. The Hall–Kier alpha value is -2.00. The number of hydrogen-bond donors (Lipinski definition) is 0. The average molecular weight is 373 g/mol. The minimum absolute atomic E-state index is 0.683. The van der Waals surface area contributed by atoms with Crippen LogP contribution in [0.15, 0.2) is 12.1 Å². The Labute approximate surface area is 156 Å². The van der Waals surface area contributed by atoms with Crippen LogP contribution in [0.4, 0.5) is 16.8 Å². The molecule has 0 N–H and O–H groups in total. The molecule has 8 nitrogen and oxygen atoms in total. The summed E-state index contributed by atoms with van der Waals surface area (Å²) >= 11 is 1.77. The Morgan fingerprint density at radius 1 is 0.769 bits per heavy atom. The van der Waals surface area contributed by atoms with Gasteiger partial charge in [0.2, 0.25) is 5.13 Å². The van der Waals surface area contributed by atoms with Gasteiger partial charge in [-0.1, -0.05) is 11.3 Å². The highest BCUT2D eigenvalue weighted by molar-refractivity contribution is 7.15. The van der Waals surface area contributed by atoms with E-state index >= 15 is 0 Å². The Kier molecular flexibility index (Phi) is 4.33. The molecule has 3 fully saturated rings. The third-order valence-electron chi connectivity index (χ3n) is 5.20. The number of ether oxygens (including phenoxy) is 1. The summed E-state index contributed by atoms with van der Waals surface area (Å²) in [6.07, 6.45) is 2.56. The number of piperazine rings is 1. The predicted octanol–water partition coefficient (Wildman–Crippen LogP) is 1.37. The first kappa shape index (κ1) is 16.2. The Morgan fingerprint density at radius 3 is 2.00 bits per heavy atom. The van der Waals surface area contributed by atoms with Crippen molar-refractivity contribution in [1.29, 1.82) is 0 Å². The summed E-state index contributed by atoms with van der Waals surface area (Å²) in [5, 5.41) is 19.9. The minimum atomic E-state index is 0.683. The minimum Gasteiger partial charge on any atom is -0.378 e. The molecule has 0 bridgehead atoms.